The van der Waals surface area contributed by atoms with Gasteiger partial charge in [-0.1, -0.05) is 18.2 Å². The van der Waals surface area contributed by atoms with Gasteiger partial charge in [-0.15, -0.1) is 0 Å². The van der Waals surface area contributed by atoms with Crippen molar-refractivity contribution in [1.82, 2.24) is 9.55 Å². The van der Waals surface area contributed by atoms with Crippen LogP contribution in [0.2, 0.25) is 0 Å². The summed E-state index contributed by atoms with van der Waals surface area (Å²) in [5.41, 5.74) is 0.439. The van der Waals surface area contributed by atoms with Crippen LogP contribution < -0.4 is 16.6 Å². The standard InChI is InChI=1S/C13H14FN3O2/c1-9-4-2-3-5-11(9)15-6-7-17-8-10(14)12(18)16-13(17)19/h2-5,8,15H,6-7H2,1H3,(H,16,18,19). The average molecular weight is 263 g/mol. The molecule has 0 bridgehead atoms. The maximum absolute atomic E-state index is 13.0. The lowest BCUT2D eigenvalue weighted by Crippen LogP contribution is -2.32. The Morgan fingerprint density at radius 3 is 2.79 bits per heavy atom. The molecule has 0 saturated heterocycles. The maximum atomic E-state index is 13.0. The van der Waals surface area contributed by atoms with Crippen LogP contribution in [-0.4, -0.2) is 16.1 Å². The van der Waals surface area contributed by atoms with Crippen LogP contribution in [0.15, 0.2) is 40.1 Å². The Labute approximate surface area is 108 Å². The summed E-state index contributed by atoms with van der Waals surface area (Å²) in [6.45, 7) is 2.69. The molecule has 1 aromatic heterocycles. The zero-order chi connectivity index (χ0) is 13.8. The van der Waals surface area contributed by atoms with Gasteiger partial charge in [0.05, 0.1) is 6.20 Å². The second-order valence-electron chi connectivity index (χ2n) is 4.17. The Kier molecular flexibility index (Phi) is 3.79. The van der Waals surface area contributed by atoms with Crippen LogP contribution in [0.4, 0.5) is 10.1 Å². The molecule has 100 valence electrons. The van der Waals surface area contributed by atoms with E-state index in [0.717, 1.165) is 22.0 Å². The molecule has 0 aliphatic heterocycles. The molecule has 0 spiro atoms. The molecule has 0 atom stereocenters. The van der Waals surface area contributed by atoms with Gasteiger partial charge in [-0.3, -0.25) is 14.3 Å². The van der Waals surface area contributed by atoms with Crippen molar-refractivity contribution in [1.29, 1.82) is 0 Å². The fourth-order valence-electron chi connectivity index (χ4n) is 1.73. The van der Waals surface area contributed by atoms with Gasteiger partial charge >= 0.3 is 5.69 Å². The molecular formula is C13H14FN3O2. The van der Waals surface area contributed by atoms with Gasteiger partial charge in [0.1, 0.15) is 0 Å². The summed E-state index contributed by atoms with van der Waals surface area (Å²) in [5, 5.41) is 3.15. The number of halogens is 1. The highest BCUT2D eigenvalue weighted by Crippen LogP contribution is 2.12. The predicted molar refractivity (Wildman–Crippen MR) is 70.9 cm³/mol. The number of H-pyrrole nitrogens is 1. The van der Waals surface area contributed by atoms with Gasteiger partial charge in [0.15, 0.2) is 0 Å². The van der Waals surface area contributed by atoms with E-state index in [0.29, 0.717) is 6.54 Å². The molecule has 19 heavy (non-hydrogen) atoms. The van der Waals surface area contributed by atoms with Crippen molar-refractivity contribution in [2.75, 3.05) is 11.9 Å². The lowest BCUT2D eigenvalue weighted by Gasteiger charge is -2.10. The summed E-state index contributed by atoms with van der Waals surface area (Å²) in [7, 11) is 0. The number of rotatable bonds is 4. The average Bonchev–Trinajstić information content (AvgIpc) is 2.38. The second kappa shape index (κ2) is 5.51. The van der Waals surface area contributed by atoms with E-state index in [1.807, 2.05) is 36.2 Å². The summed E-state index contributed by atoms with van der Waals surface area (Å²) < 4.78 is 14.2. The van der Waals surface area contributed by atoms with Crippen molar-refractivity contribution >= 4 is 5.69 Å². The molecule has 1 heterocycles. The molecule has 0 unspecified atom stereocenters. The van der Waals surface area contributed by atoms with Crippen molar-refractivity contribution in [2.24, 2.45) is 0 Å². The zero-order valence-corrected chi connectivity index (χ0v) is 10.4. The molecule has 2 rings (SSSR count). The van der Waals surface area contributed by atoms with Gasteiger partial charge in [0.25, 0.3) is 5.56 Å². The Balaban J connectivity index is 2.04. The summed E-state index contributed by atoms with van der Waals surface area (Å²) in [6, 6.07) is 7.73. The smallest absolute Gasteiger partial charge is 0.328 e. The van der Waals surface area contributed by atoms with E-state index < -0.39 is 17.1 Å². The minimum absolute atomic E-state index is 0.265. The van der Waals surface area contributed by atoms with Crippen molar-refractivity contribution in [2.45, 2.75) is 13.5 Å². The first-order valence-corrected chi connectivity index (χ1v) is 5.86. The van der Waals surface area contributed by atoms with Gasteiger partial charge in [-0.25, -0.2) is 4.79 Å². The predicted octanol–water partition coefficient (Wildman–Crippen LogP) is 1.10. The number of aryl methyl sites for hydroxylation is 1. The van der Waals surface area contributed by atoms with Gasteiger partial charge in [-0.05, 0) is 18.6 Å². The number of benzene rings is 1. The number of anilines is 1. The lowest BCUT2D eigenvalue weighted by atomic mass is 10.2. The molecule has 0 saturated carbocycles. The summed E-state index contributed by atoms with van der Waals surface area (Å²) >= 11 is 0. The van der Waals surface area contributed by atoms with E-state index >= 15 is 0 Å². The first kappa shape index (κ1) is 13.1. The molecule has 6 heteroatoms. The van der Waals surface area contributed by atoms with Gasteiger partial charge in [0, 0.05) is 18.8 Å². The van der Waals surface area contributed by atoms with Crippen LogP contribution in [0.3, 0.4) is 0 Å². The highest BCUT2D eigenvalue weighted by molar-refractivity contribution is 5.50. The molecule has 0 fully saturated rings. The third-order valence-electron chi connectivity index (χ3n) is 2.78. The normalized spacial score (nSPS) is 10.4. The number of hydrogen-bond donors (Lipinski definition) is 2. The quantitative estimate of drug-likeness (QED) is 0.868. The fourth-order valence-corrected chi connectivity index (χ4v) is 1.73. The van der Waals surface area contributed by atoms with Crippen molar-refractivity contribution in [3.8, 4) is 0 Å². The van der Waals surface area contributed by atoms with E-state index in [1.165, 1.54) is 0 Å². The third kappa shape index (κ3) is 3.09. The van der Waals surface area contributed by atoms with Gasteiger partial charge in [0.2, 0.25) is 5.82 Å². The van der Waals surface area contributed by atoms with Crippen LogP contribution in [-0.2, 0) is 6.54 Å². The third-order valence-corrected chi connectivity index (χ3v) is 2.78. The van der Waals surface area contributed by atoms with E-state index in [4.69, 9.17) is 0 Å². The topological polar surface area (TPSA) is 66.9 Å². The van der Waals surface area contributed by atoms with Crippen LogP contribution >= 0.6 is 0 Å². The minimum Gasteiger partial charge on any atom is -0.383 e. The number of hydrogen-bond acceptors (Lipinski definition) is 3. The number of aromatic amines is 1. The first-order chi connectivity index (χ1) is 9.08. The molecule has 2 N–H and O–H groups in total. The minimum atomic E-state index is -0.992. The van der Waals surface area contributed by atoms with Crippen molar-refractivity contribution in [3.05, 3.63) is 62.7 Å². The Hall–Kier alpha value is -2.37. The van der Waals surface area contributed by atoms with Gasteiger partial charge in [-0.2, -0.15) is 4.39 Å². The largest absolute Gasteiger partial charge is 0.383 e. The molecule has 0 aliphatic rings. The summed E-state index contributed by atoms with van der Waals surface area (Å²) in [6.07, 6.45) is 0.917. The maximum Gasteiger partial charge on any atom is 0.328 e. The van der Waals surface area contributed by atoms with Crippen LogP contribution in [0.5, 0.6) is 0 Å². The summed E-state index contributed by atoms with van der Waals surface area (Å²) in [5.74, 6) is -0.963. The Morgan fingerprint density at radius 1 is 1.32 bits per heavy atom. The number of aromatic nitrogens is 2. The van der Waals surface area contributed by atoms with E-state index in [2.05, 4.69) is 5.32 Å². The highest BCUT2D eigenvalue weighted by atomic mass is 19.1. The van der Waals surface area contributed by atoms with E-state index in [-0.39, 0.29) is 6.54 Å². The van der Waals surface area contributed by atoms with Crippen molar-refractivity contribution in [3.63, 3.8) is 0 Å². The molecule has 0 aliphatic carbocycles. The monoisotopic (exact) mass is 263 g/mol. The van der Waals surface area contributed by atoms with E-state index in [9.17, 15) is 14.0 Å². The van der Waals surface area contributed by atoms with Crippen LogP contribution in [0.25, 0.3) is 0 Å². The summed E-state index contributed by atoms with van der Waals surface area (Å²) in [4.78, 5) is 24.2. The van der Waals surface area contributed by atoms with Crippen LogP contribution in [0.1, 0.15) is 5.56 Å². The van der Waals surface area contributed by atoms with Crippen LogP contribution in [0, 0.1) is 12.7 Å². The molecule has 1 aromatic carbocycles. The fraction of sp³-hybridized carbons (Fsp3) is 0.231. The number of para-hydroxylation sites is 1. The second-order valence-corrected chi connectivity index (χ2v) is 4.17. The van der Waals surface area contributed by atoms with E-state index in [1.54, 1.807) is 0 Å². The highest BCUT2D eigenvalue weighted by Gasteiger charge is 2.03. The van der Waals surface area contributed by atoms with Crippen molar-refractivity contribution < 1.29 is 4.39 Å². The number of nitrogens with zero attached hydrogens (tertiary/aromatic N) is 1. The molecular weight excluding hydrogens is 249 g/mol. The van der Waals surface area contributed by atoms with Gasteiger partial charge < -0.3 is 5.32 Å². The molecule has 5 nitrogen and oxygen atoms in total. The SMILES string of the molecule is Cc1ccccc1NCCn1cc(F)c(=O)[nH]c1=O. The Bertz CT molecular complexity index is 691. The first-order valence-electron chi connectivity index (χ1n) is 5.86. The molecule has 0 amide bonds. The lowest BCUT2D eigenvalue weighted by molar-refractivity contribution is 0.556. The molecule has 2 aromatic rings. The zero-order valence-electron chi connectivity index (χ0n) is 10.4. The number of nitrogens with one attached hydrogen (secondary N) is 2. The molecule has 0 radical (unpaired) electrons. The Morgan fingerprint density at radius 2 is 2.05 bits per heavy atom.